The first-order chi connectivity index (χ1) is 9.72. The average Bonchev–Trinajstić information content (AvgIpc) is 2.74. The van der Waals surface area contributed by atoms with Crippen LogP contribution in [0.15, 0.2) is 12.4 Å². The molecule has 114 valence electrons. The Labute approximate surface area is 121 Å². The molecule has 1 atom stereocenters. The van der Waals surface area contributed by atoms with Crippen LogP contribution in [0.4, 0.5) is 0 Å². The molecule has 0 bridgehead atoms. The summed E-state index contributed by atoms with van der Waals surface area (Å²) in [5, 5.41) is 0. The number of imidazole rings is 1. The fourth-order valence-electron chi connectivity index (χ4n) is 3.43. The number of aryl methyl sites for hydroxylation is 2. The van der Waals surface area contributed by atoms with Crippen molar-refractivity contribution in [1.29, 1.82) is 0 Å². The minimum absolute atomic E-state index is 0.115. The molecule has 1 saturated carbocycles. The van der Waals surface area contributed by atoms with Crippen LogP contribution in [0.25, 0.3) is 0 Å². The second-order valence-corrected chi connectivity index (χ2v) is 5.90. The normalized spacial score (nSPS) is 20.6. The van der Waals surface area contributed by atoms with E-state index in [0.717, 1.165) is 31.5 Å². The largest absolute Gasteiger partial charge is 0.377 e. The molecule has 1 heterocycles. The Hall–Kier alpha value is -0.910. The highest BCUT2D eigenvalue weighted by Gasteiger charge is 2.38. The third kappa shape index (κ3) is 3.40. The van der Waals surface area contributed by atoms with Gasteiger partial charge in [-0.05, 0) is 19.3 Å². The smallest absolute Gasteiger partial charge is 0.108 e. The van der Waals surface area contributed by atoms with Crippen LogP contribution in [0.3, 0.4) is 0 Å². The Balaban J connectivity index is 2.02. The number of nitrogens with two attached hydrogens (primary N) is 1. The molecule has 3 N–H and O–H groups in total. The topological polar surface area (TPSA) is 65.1 Å². The van der Waals surface area contributed by atoms with Gasteiger partial charge in [-0.25, -0.2) is 4.98 Å². The molecule has 0 radical (unpaired) electrons. The van der Waals surface area contributed by atoms with Crippen molar-refractivity contribution in [2.75, 3.05) is 7.11 Å². The maximum Gasteiger partial charge on any atom is 0.108 e. The first-order valence-electron chi connectivity index (χ1n) is 7.69. The van der Waals surface area contributed by atoms with Crippen molar-refractivity contribution < 1.29 is 4.74 Å². The lowest BCUT2D eigenvalue weighted by Crippen LogP contribution is -2.54. The molecular formula is C15H28N4O. The standard InChI is InChI=1S/C15H28N4O/c1-19-12-11-17-14(19)8-7-13(18-16)15(20-2)9-5-3-4-6-10-15/h11-13,18H,3-10,16H2,1-2H3. The SMILES string of the molecule is COC1(C(CCc2nccn2C)NN)CCCCCC1. The Kier molecular flexibility index (Phi) is 5.57. The molecule has 1 fully saturated rings. The number of rotatable bonds is 6. The summed E-state index contributed by atoms with van der Waals surface area (Å²) in [6, 6.07) is 0.183. The Morgan fingerprint density at radius 2 is 2.10 bits per heavy atom. The van der Waals surface area contributed by atoms with Crippen molar-refractivity contribution in [3.05, 3.63) is 18.2 Å². The third-order valence-electron chi connectivity index (χ3n) is 4.77. The van der Waals surface area contributed by atoms with Gasteiger partial charge in [0.25, 0.3) is 0 Å². The predicted molar refractivity (Wildman–Crippen MR) is 80.1 cm³/mol. The van der Waals surface area contributed by atoms with Crippen LogP contribution in [0.2, 0.25) is 0 Å². The summed E-state index contributed by atoms with van der Waals surface area (Å²) in [6.45, 7) is 0. The van der Waals surface area contributed by atoms with Crippen LogP contribution in [-0.2, 0) is 18.2 Å². The molecule has 5 heteroatoms. The molecule has 0 saturated heterocycles. The second-order valence-electron chi connectivity index (χ2n) is 5.90. The second kappa shape index (κ2) is 7.20. The highest BCUT2D eigenvalue weighted by Crippen LogP contribution is 2.34. The van der Waals surface area contributed by atoms with Gasteiger partial charge in [0.05, 0.1) is 11.6 Å². The third-order valence-corrected chi connectivity index (χ3v) is 4.77. The minimum Gasteiger partial charge on any atom is -0.377 e. The van der Waals surface area contributed by atoms with E-state index in [-0.39, 0.29) is 11.6 Å². The van der Waals surface area contributed by atoms with E-state index in [4.69, 9.17) is 10.6 Å². The first-order valence-corrected chi connectivity index (χ1v) is 7.69. The molecule has 0 amide bonds. The lowest BCUT2D eigenvalue weighted by molar-refractivity contribution is -0.0548. The number of nitrogens with zero attached hydrogens (tertiary/aromatic N) is 2. The highest BCUT2D eigenvalue weighted by atomic mass is 16.5. The Morgan fingerprint density at radius 1 is 1.40 bits per heavy atom. The summed E-state index contributed by atoms with van der Waals surface area (Å²) in [5.41, 5.74) is 2.90. The van der Waals surface area contributed by atoms with Gasteiger partial charge in [-0.15, -0.1) is 0 Å². The van der Waals surface area contributed by atoms with Crippen molar-refractivity contribution in [1.82, 2.24) is 15.0 Å². The average molecular weight is 280 g/mol. The van der Waals surface area contributed by atoms with Gasteiger partial charge in [0.2, 0.25) is 0 Å². The van der Waals surface area contributed by atoms with Gasteiger partial charge in [0, 0.05) is 33.0 Å². The van der Waals surface area contributed by atoms with E-state index in [9.17, 15) is 0 Å². The van der Waals surface area contributed by atoms with E-state index in [1.54, 1.807) is 0 Å². The molecule has 2 rings (SSSR count). The summed E-state index contributed by atoms with van der Waals surface area (Å²) in [7, 11) is 3.86. The van der Waals surface area contributed by atoms with Gasteiger partial charge in [-0.2, -0.15) is 0 Å². The quantitative estimate of drug-likeness (QED) is 0.475. The van der Waals surface area contributed by atoms with Crippen LogP contribution in [0, 0.1) is 0 Å². The summed E-state index contributed by atoms with van der Waals surface area (Å²) in [4.78, 5) is 4.39. The van der Waals surface area contributed by atoms with E-state index >= 15 is 0 Å². The number of aromatic nitrogens is 2. The van der Waals surface area contributed by atoms with Crippen LogP contribution >= 0.6 is 0 Å². The van der Waals surface area contributed by atoms with E-state index in [1.165, 1.54) is 25.7 Å². The van der Waals surface area contributed by atoms with Crippen molar-refractivity contribution >= 4 is 0 Å². The van der Waals surface area contributed by atoms with Crippen LogP contribution in [-0.4, -0.2) is 28.3 Å². The summed E-state index contributed by atoms with van der Waals surface area (Å²) >= 11 is 0. The molecular weight excluding hydrogens is 252 g/mol. The maximum absolute atomic E-state index is 5.94. The number of nitrogens with one attached hydrogen (secondary N) is 1. The summed E-state index contributed by atoms with van der Waals surface area (Å²) < 4.78 is 8.01. The molecule has 1 aromatic heterocycles. The van der Waals surface area contributed by atoms with Gasteiger partial charge in [-0.1, -0.05) is 25.7 Å². The molecule has 1 aromatic rings. The minimum atomic E-state index is -0.115. The van der Waals surface area contributed by atoms with Crippen LogP contribution in [0.1, 0.15) is 50.8 Å². The maximum atomic E-state index is 5.94. The fourth-order valence-corrected chi connectivity index (χ4v) is 3.43. The number of methoxy groups -OCH3 is 1. The molecule has 1 aliphatic rings. The molecule has 5 nitrogen and oxygen atoms in total. The monoisotopic (exact) mass is 280 g/mol. The zero-order valence-electron chi connectivity index (χ0n) is 12.8. The van der Waals surface area contributed by atoms with Gasteiger partial charge in [0.1, 0.15) is 5.82 Å². The molecule has 20 heavy (non-hydrogen) atoms. The lowest BCUT2D eigenvalue weighted by atomic mass is 9.84. The Bertz CT molecular complexity index is 396. The Morgan fingerprint density at radius 3 is 2.60 bits per heavy atom. The highest BCUT2D eigenvalue weighted by molar-refractivity contribution is 4.97. The predicted octanol–water partition coefficient (Wildman–Crippen LogP) is 1.92. The molecule has 1 unspecified atom stereocenters. The van der Waals surface area contributed by atoms with Gasteiger partial charge in [0.15, 0.2) is 0 Å². The van der Waals surface area contributed by atoms with Crippen molar-refractivity contribution in [3.8, 4) is 0 Å². The number of ether oxygens (including phenoxy) is 1. The summed E-state index contributed by atoms with van der Waals surface area (Å²) in [6.07, 6.45) is 13.0. The van der Waals surface area contributed by atoms with Crippen molar-refractivity contribution in [2.45, 2.75) is 63.0 Å². The number of hydrogen-bond acceptors (Lipinski definition) is 4. The van der Waals surface area contributed by atoms with Crippen LogP contribution < -0.4 is 11.3 Å². The zero-order chi connectivity index (χ0) is 14.4. The molecule has 0 aromatic carbocycles. The van der Waals surface area contributed by atoms with Crippen molar-refractivity contribution in [2.24, 2.45) is 12.9 Å². The van der Waals surface area contributed by atoms with E-state index in [1.807, 2.05) is 26.6 Å². The first kappa shape index (κ1) is 15.5. The van der Waals surface area contributed by atoms with Gasteiger partial charge >= 0.3 is 0 Å². The van der Waals surface area contributed by atoms with Gasteiger partial charge < -0.3 is 9.30 Å². The molecule has 1 aliphatic carbocycles. The number of hydrazine groups is 1. The van der Waals surface area contributed by atoms with E-state index in [2.05, 4.69) is 15.0 Å². The van der Waals surface area contributed by atoms with Crippen molar-refractivity contribution in [3.63, 3.8) is 0 Å². The van der Waals surface area contributed by atoms with E-state index < -0.39 is 0 Å². The lowest BCUT2D eigenvalue weighted by Gasteiger charge is -2.39. The number of hydrogen-bond donors (Lipinski definition) is 2. The van der Waals surface area contributed by atoms with Gasteiger partial charge in [-0.3, -0.25) is 11.3 Å². The molecule has 0 aliphatic heterocycles. The summed E-state index contributed by atoms with van der Waals surface area (Å²) in [5.74, 6) is 6.94. The van der Waals surface area contributed by atoms with Crippen LogP contribution in [0.5, 0.6) is 0 Å². The fraction of sp³-hybridized carbons (Fsp3) is 0.800. The zero-order valence-corrected chi connectivity index (χ0v) is 12.8. The van der Waals surface area contributed by atoms with E-state index in [0.29, 0.717) is 0 Å². The molecule has 0 spiro atoms.